The van der Waals surface area contributed by atoms with Gasteiger partial charge in [-0.2, -0.15) is 11.3 Å². The number of rotatable bonds is 7. The summed E-state index contributed by atoms with van der Waals surface area (Å²) in [4.78, 5) is 11.3. The third kappa shape index (κ3) is 3.93. The fourth-order valence-electron chi connectivity index (χ4n) is 1.92. The second-order valence-corrected chi connectivity index (χ2v) is 5.58. The number of hydrogen-bond acceptors (Lipinski definition) is 5. The highest BCUT2D eigenvalue weighted by Crippen LogP contribution is 2.18. The molecule has 0 aliphatic rings. The molecule has 0 saturated heterocycles. The summed E-state index contributed by atoms with van der Waals surface area (Å²) < 4.78 is 0. The van der Waals surface area contributed by atoms with Crippen molar-refractivity contribution in [2.75, 3.05) is 23.8 Å². The fraction of sp³-hybridized carbons (Fsp3) is 0.467. The summed E-state index contributed by atoms with van der Waals surface area (Å²) in [6.07, 6.45) is 1.94. The van der Waals surface area contributed by atoms with E-state index in [1.165, 1.54) is 5.56 Å². The average molecular weight is 290 g/mol. The predicted octanol–water partition coefficient (Wildman–Crippen LogP) is 3.56. The molecule has 0 amide bonds. The van der Waals surface area contributed by atoms with Gasteiger partial charge in [-0.25, -0.2) is 9.97 Å². The Kier molecular flexibility index (Phi) is 5.35. The van der Waals surface area contributed by atoms with E-state index in [1.54, 1.807) is 11.3 Å². The maximum absolute atomic E-state index is 4.62. The molecule has 0 radical (unpaired) electrons. The Labute approximate surface area is 124 Å². The van der Waals surface area contributed by atoms with Gasteiger partial charge >= 0.3 is 0 Å². The van der Waals surface area contributed by atoms with E-state index in [0.29, 0.717) is 0 Å². The van der Waals surface area contributed by atoms with Crippen molar-refractivity contribution in [1.82, 2.24) is 9.97 Å². The molecule has 0 spiro atoms. The molecule has 2 rings (SSSR count). The van der Waals surface area contributed by atoms with Gasteiger partial charge in [0.05, 0.1) is 0 Å². The molecule has 0 aliphatic carbocycles. The van der Waals surface area contributed by atoms with E-state index in [9.17, 15) is 0 Å². The van der Waals surface area contributed by atoms with Crippen molar-refractivity contribution in [3.05, 3.63) is 34.3 Å². The van der Waals surface area contributed by atoms with Gasteiger partial charge in [0.1, 0.15) is 17.5 Å². The van der Waals surface area contributed by atoms with Gasteiger partial charge in [-0.3, -0.25) is 0 Å². The standard InChI is InChI=1S/C15H22N4S/c1-4-7-16-14-9-15(18-13(5-2)17-14)19(3)10-12-6-8-20-11-12/h6,8-9,11H,4-5,7,10H2,1-3H3,(H,16,17,18). The van der Waals surface area contributed by atoms with Crippen LogP contribution in [0, 0.1) is 0 Å². The van der Waals surface area contributed by atoms with Crippen molar-refractivity contribution in [2.45, 2.75) is 33.2 Å². The van der Waals surface area contributed by atoms with Gasteiger partial charge in [-0.1, -0.05) is 13.8 Å². The Balaban J connectivity index is 2.16. The molecule has 1 N–H and O–H groups in total. The molecule has 0 saturated carbocycles. The van der Waals surface area contributed by atoms with E-state index >= 15 is 0 Å². The third-order valence-corrected chi connectivity index (χ3v) is 3.75. The van der Waals surface area contributed by atoms with Crippen LogP contribution in [0.3, 0.4) is 0 Å². The quantitative estimate of drug-likeness (QED) is 0.846. The number of nitrogens with zero attached hydrogens (tertiary/aromatic N) is 3. The van der Waals surface area contributed by atoms with Gasteiger partial charge in [0.15, 0.2) is 0 Å². The average Bonchev–Trinajstić information content (AvgIpc) is 2.97. The van der Waals surface area contributed by atoms with E-state index in [1.807, 2.05) is 6.07 Å². The third-order valence-electron chi connectivity index (χ3n) is 3.02. The van der Waals surface area contributed by atoms with Gasteiger partial charge in [-0.15, -0.1) is 0 Å². The highest BCUT2D eigenvalue weighted by Gasteiger charge is 2.08. The smallest absolute Gasteiger partial charge is 0.134 e. The van der Waals surface area contributed by atoms with Gasteiger partial charge in [0.25, 0.3) is 0 Å². The molecule has 0 atom stereocenters. The van der Waals surface area contributed by atoms with Crippen LogP contribution < -0.4 is 10.2 Å². The lowest BCUT2D eigenvalue weighted by atomic mass is 10.3. The summed E-state index contributed by atoms with van der Waals surface area (Å²) in [6.45, 7) is 6.05. The normalized spacial score (nSPS) is 10.6. The topological polar surface area (TPSA) is 41.0 Å². The van der Waals surface area contributed by atoms with Crippen LogP contribution in [0.5, 0.6) is 0 Å². The van der Waals surface area contributed by atoms with Crippen molar-refractivity contribution in [3.8, 4) is 0 Å². The van der Waals surface area contributed by atoms with Crippen LogP contribution in [0.2, 0.25) is 0 Å². The van der Waals surface area contributed by atoms with Crippen molar-refractivity contribution < 1.29 is 0 Å². The number of hydrogen-bond donors (Lipinski definition) is 1. The number of thiophene rings is 1. The lowest BCUT2D eigenvalue weighted by Gasteiger charge is -2.19. The van der Waals surface area contributed by atoms with E-state index < -0.39 is 0 Å². The van der Waals surface area contributed by atoms with Gasteiger partial charge in [0, 0.05) is 32.6 Å². The van der Waals surface area contributed by atoms with E-state index in [-0.39, 0.29) is 0 Å². The molecule has 0 bridgehead atoms. The van der Waals surface area contributed by atoms with Crippen molar-refractivity contribution in [3.63, 3.8) is 0 Å². The van der Waals surface area contributed by atoms with Crippen LogP contribution in [0.1, 0.15) is 31.7 Å². The lowest BCUT2D eigenvalue weighted by Crippen LogP contribution is -2.19. The van der Waals surface area contributed by atoms with Crippen LogP contribution in [-0.4, -0.2) is 23.6 Å². The minimum Gasteiger partial charge on any atom is -0.370 e. The molecular weight excluding hydrogens is 268 g/mol. The summed E-state index contributed by atoms with van der Waals surface area (Å²) in [5.41, 5.74) is 1.32. The lowest BCUT2D eigenvalue weighted by molar-refractivity contribution is 0.857. The second kappa shape index (κ2) is 7.24. The zero-order valence-corrected chi connectivity index (χ0v) is 13.2. The maximum atomic E-state index is 4.62. The van der Waals surface area contributed by atoms with E-state index in [2.05, 4.69) is 57.9 Å². The van der Waals surface area contributed by atoms with E-state index in [0.717, 1.165) is 43.4 Å². The van der Waals surface area contributed by atoms with Gasteiger partial charge in [0.2, 0.25) is 0 Å². The van der Waals surface area contributed by atoms with Gasteiger partial charge < -0.3 is 10.2 Å². The van der Waals surface area contributed by atoms with Crippen LogP contribution in [0.4, 0.5) is 11.6 Å². The summed E-state index contributed by atoms with van der Waals surface area (Å²) >= 11 is 1.73. The minimum atomic E-state index is 0.848. The number of aromatic nitrogens is 2. The second-order valence-electron chi connectivity index (χ2n) is 4.80. The van der Waals surface area contributed by atoms with Crippen molar-refractivity contribution >= 4 is 23.0 Å². The molecule has 0 fully saturated rings. The molecule has 0 unspecified atom stereocenters. The Morgan fingerprint density at radius 2 is 2.15 bits per heavy atom. The molecule has 2 aromatic heterocycles. The molecule has 0 aromatic carbocycles. The zero-order chi connectivity index (χ0) is 14.4. The summed E-state index contributed by atoms with van der Waals surface area (Å²) in [5.74, 6) is 2.78. The first-order valence-corrected chi connectivity index (χ1v) is 8.01. The summed E-state index contributed by atoms with van der Waals surface area (Å²) in [7, 11) is 2.07. The number of aryl methyl sites for hydroxylation is 1. The molecular formula is C15H22N4S. The highest BCUT2D eigenvalue weighted by molar-refractivity contribution is 7.07. The first-order chi connectivity index (χ1) is 9.72. The Hall–Kier alpha value is -1.62. The predicted molar refractivity (Wildman–Crippen MR) is 86.6 cm³/mol. The number of nitrogens with one attached hydrogen (secondary N) is 1. The molecule has 5 heteroatoms. The summed E-state index contributed by atoms with van der Waals surface area (Å²) in [5, 5.41) is 7.63. The molecule has 20 heavy (non-hydrogen) atoms. The molecule has 2 heterocycles. The monoisotopic (exact) mass is 290 g/mol. The maximum Gasteiger partial charge on any atom is 0.134 e. The molecule has 108 valence electrons. The first-order valence-electron chi connectivity index (χ1n) is 7.07. The zero-order valence-electron chi connectivity index (χ0n) is 12.4. The van der Waals surface area contributed by atoms with Crippen molar-refractivity contribution in [2.24, 2.45) is 0 Å². The Morgan fingerprint density at radius 3 is 2.80 bits per heavy atom. The Morgan fingerprint density at radius 1 is 1.30 bits per heavy atom. The first kappa shape index (κ1) is 14.8. The molecule has 4 nitrogen and oxygen atoms in total. The summed E-state index contributed by atoms with van der Waals surface area (Å²) in [6, 6.07) is 4.18. The highest BCUT2D eigenvalue weighted by atomic mass is 32.1. The van der Waals surface area contributed by atoms with E-state index in [4.69, 9.17) is 0 Å². The number of anilines is 2. The van der Waals surface area contributed by atoms with Crippen LogP contribution in [-0.2, 0) is 13.0 Å². The van der Waals surface area contributed by atoms with Gasteiger partial charge in [-0.05, 0) is 28.8 Å². The molecule has 0 aliphatic heterocycles. The Bertz CT molecular complexity index is 525. The van der Waals surface area contributed by atoms with Crippen molar-refractivity contribution in [1.29, 1.82) is 0 Å². The molecule has 2 aromatic rings. The van der Waals surface area contributed by atoms with Crippen LogP contribution in [0.15, 0.2) is 22.9 Å². The SMILES string of the molecule is CCCNc1cc(N(C)Cc2ccsc2)nc(CC)n1. The largest absolute Gasteiger partial charge is 0.370 e. The van der Waals surface area contributed by atoms with Crippen LogP contribution in [0.25, 0.3) is 0 Å². The minimum absolute atomic E-state index is 0.848. The van der Waals surface area contributed by atoms with Crippen LogP contribution >= 0.6 is 11.3 Å². The fourth-order valence-corrected chi connectivity index (χ4v) is 2.58.